The van der Waals surface area contributed by atoms with E-state index in [-0.39, 0.29) is 70.2 Å². The average molecular weight is 226 g/mol. The van der Waals surface area contributed by atoms with Gasteiger partial charge in [-0.1, -0.05) is 18.2 Å². The Kier molecular flexibility index (Phi) is 9.49. The minimum absolute atomic E-state index is 0. The number of carbonyl (C=O) groups is 2. The third-order valence-corrected chi connectivity index (χ3v) is 1.57. The number of benzene rings is 1. The van der Waals surface area contributed by atoms with Gasteiger partial charge in [0.15, 0.2) is 0 Å². The molecule has 0 heterocycles. The van der Waals surface area contributed by atoms with Crippen LogP contribution in [0.15, 0.2) is 24.3 Å². The SMILES string of the molecule is O=C([O-])c1cccc(C(=O)[S-])c1.[Na+].[Na+]. The molecule has 0 radical (unpaired) electrons. The summed E-state index contributed by atoms with van der Waals surface area (Å²) < 4.78 is 0. The number of rotatable bonds is 2. The Hall–Kier alpha value is 0.580. The smallest absolute Gasteiger partial charge is 0.737 e. The van der Waals surface area contributed by atoms with E-state index in [1.165, 1.54) is 24.3 Å². The fourth-order valence-electron chi connectivity index (χ4n) is 0.773. The van der Waals surface area contributed by atoms with Crippen molar-refractivity contribution < 1.29 is 73.8 Å². The van der Waals surface area contributed by atoms with Crippen LogP contribution in [0.2, 0.25) is 0 Å². The Morgan fingerprint density at radius 1 is 1.14 bits per heavy atom. The monoisotopic (exact) mass is 226 g/mol. The number of carbonyl (C=O) groups excluding carboxylic acids is 2. The van der Waals surface area contributed by atoms with Crippen molar-refractivity contribution in [2.45, 2.75) is 0 Å². The molecule has 0 spiro atoms. The second-order valence-corrected chi connectivity index (χ2v) is 2.53. The molecule has 0 atom stereocenters. The molecule has 0 fully saturated rings. The molecule has 3 nitrogen and oxygen atoms in total. The molecular formula is C8H4Na2O3S. The topological polar surface area (TPSA) is 57.2 Å². The molecule has 0 bridgehead atoms. The molecule has 0 aromatic heterocycles. The van der Waals surface area contributed by atoms with Crippen LogP contribution in [0.3, 0.4) is 0 Å². The Balaban J connectivity index is 0. The maximum atomic E-state index is 10.6. The van der Waals surface area contributed by atoms with E-state index in [0.717, 1.165) is 0 Å². The van der Waals surface area contributed by atoms with Crippen molar-refractivity contribution in [1.82, 2.24) is 0 Å². The van der Waals surface area contributed by atoms with Crippen LogP contribution in [0.1, 0.15) is 20.7 Å². The summed E-state index contributed by atoms with van der Waals surface area (Å²) in [6.07, 6.45) is 0. The normalized spacial score (nSPS) is 8.00. The minimum atomic E-state index is -1.31. The summed E-state index contributed by atoms with van der Waals surface area (Å²) in [4.78, 5) is 20.9. The fourth-order valence-corrected chi connectivity index (χ4v) is 0.900. The zero-order valence-corrected chi connectivity index (χ0v) is 12.8. The quantitative estimate of drug-likeness (QED) is 0.372. The summed E-state index contributed by atoms with van der Waals surface area (Å²) in [5, 5.41) is 9.75. The molecule has 0 amide bonds. The Labute approximate surface area is 131 Å². The van der Waals surface area contributed by atoms with Crippen LogP contribution >= 0.6 is 0 Å². The van der Waals surface area contributed by atoms with Gasteiger partial charge in [-0.05, 0) is 17.2 Å². The van der Waals surface area contributed by atoms with E-state index < -0.39 is 11.1 Å². The van der Waals surface area contributed by atoms with Gasteiger partial charge in [0.1, 0.15) is 0 Å². The van der Waals surface area contributed by atoms with E-state index >= 15 is 0 Å². The molecule has 0 aliphatic carbocycles. The van der Waals surface area contributed by atoms with E-state index in [4.69, 9.17) is 0 Å². The van der Waals surface area contributed by atoms with E-state index in [9.17, 15) is 14.7 Å². The zero-order valence-electron chi connectivity index (χ0n) is 7.94. The van der Waals surface area contributed by atoms with Crippen LogP contribution in [0.4, 0.5) is 0 Å². The van der Waals surface area contributed by atoms with Crippen molar-refractivity contribution in [2.75, 3.05) is 0 Å². The molecule has 0 saturated carbocycles. The predicted molar refractivity (Wildman–Crippen MR) is 42.5 cm³/mol. The number of hydrogen-bond donors (Lipinski definition) is 0. The molecular weight excluding hydrogens is 222 g/mol. The molecule has 1 rings (SSSR count). The van der Waals surface area contributed by atoms with E-state index in [1.807, 2.05) is 0 Å². The molecule has 62 valence electrons. The van der Waals surface area contributed by atoms with Crippen molar-refractivity contribution >= 4 is 23.7 Å². The van der Waals surface area contributed by atoms with Gasteiger partial charge in [0.2, 0.25) is 0 Å². The van der Waals surface area contributed by atoms with Crippen LogP contribution < -0.4 is 64.2 Å². The van der Waals surface area contributed by atoms with Gasteiger partial charge in [-0.3, -0.25) is 0 Å². The molecule has 1 aromatic carbocycles. The van der Waals surface area contributed by atoms with Gasteiger partial charge in [0.05, 0.1) is 5.97 Å². The number of carboxylic acid groups (broad SMARTS) is 1. The van der Waals surface area contributed by atoms with Crippen LogP contribution in [-0.2, 0) is 12.6 Å². The van der Waals surface area contributed by atoms with Gasteiger partial charge in [-0.25, -0.2) is 0 Å². The first kappa shape index (κ1) is 17.0. The van der Waals surface area contributed by atoms with Crippen LogP contribution in [0.25, 0.3) is 0 Å². The van der Waals surface area contributed by atoms with Crippen molar-refractivity contribution in [1.29, 1.82) is 0 Å². The molecule has 0 unspecified atom stereocenters. The molecule has 0 saturated heterocycles. The second kappa shape index (κ2) is 7.82. The van der Waals surface area contributed by atoms with Gasteiger partial charge in [-0.15, -0.1) is 0 Å². The number of carboxylic acids is 1. The van der Waals surface area contributed by atoms with Crippen LogP contribution in [0, 0.1) is 0 Å². The standard InChI is InChI=1S/C8H6O3S.2Na/c9-7(10)5-2-1-3-6(4-5)8(11)12;;/h1-4H,(H,9,10)(H,11,12);;/q;2*+1/p-2. The largest absolute Gasteiger partial charge is 1.00 e. The van der Waals surface area contributed by atoms with Crippen molar-refractivity contribution in [3.8, 4) is 0 Å². The Bertz CT molecular complexity index is 312. The first-order valence-electron chi connectivity index (χ1n) is 3.14. The van der Waals surface area contributed by atoms with Crippen LogP contribution in [-0.4, -0.2) is 11.1 Å². The van der Waals surface area contributed by atoms with Crippen molar-refractivity contribution in [3.63, 3.8) is 0 Å². The maximum absolute atomic E-state index is 10.6. The maximum Gasteiger partial charge on any atom is 1.00 e. The number of hydrogen-bond acceptors (Lipinski definition) is 4. The molecule has 0 aliphatic rings. The summed E-state index contributed by atoms with van der Waals surface area (Å²) in [5.74, 6) is -1.31. The summed E-state index contributed by atoms with van der Waals surface area (Å²) >= 11 is 4.34. The molecule has 0 N–H and O–H groups in total. The van der Waals surface area contributed by atoms with Gasteiger partial charge in [0.25, 0.3) is 0 Å². The summed E-state index contributed by atoms with van der Waals surface area (Å²) in [7, 11) is 0. The Morgan fingerprint density at radius 3 is 2.07 bits per heavy atom. The second-order valence-electron chi connectivity index (χ2n) is 2.16. The molecule has 0 aliphatic heterocycles. The van der Waals surface area contributed by atoms with Gasteiger partial charge < -0.3 is 27.3 Å². The Morgan fingerprint density at radius 2 is 1.64 bits per heavy atom. The van der Waals surface area contributed by atoms with E-state index in [1.54, 1.807) is 0 Å². The summed E-state index contributed by atoms with van der Waals surface area (Å²) in [5.41, 5.74) is 0.164. The third kappa shape index (κ3) is 4.89. The average Bonchev–Trinajstić information content (AvgIpc) is 2.04. The van der Waals surface area contributed by atoms with Gasteiger partial charge in [0, 0.05) is 5.12 Å². The van der Waals surface area contributed by atoms with Crippen molar-refractivity contribution in [3.05, 3.63) is 35.4 Å². The first-order chi connectivity index (χ1) is 5.61. The molecule has 6 heteroatoms. The summed E-state index contributed by atoms with van der Waals surface area (Å²) in [6.45, 7) is 0. The van der Waals surface area contributed by atoms with Gasteiger partial charge in [-0.2, -0.15) is 0 Å². The number of aromatic carboxylic acids is 1. The third-order valence-electron chi connectivity index (χ3n) is 1.33. The minimum Gasteiger partial charge on any atom is -0.737 e. The van der Waals surface area contributed by atoms with Gasteiger partial charge >= 0.3 is 59.1 Å². The van der Waals surface area contributed by atoms with Crippen molar-refractivity contribution in [2.24, 2.45) is 0 Å². The molecule has 1 aromatic rings. The zero-order chi connectivity index (χ0) is 9.14. The fraction of sp³-hybridized carbons (Fsp3) is 0. The summed E-state index contributed by atoms with van der Waals surface area (Å²) in [6, 6.07) is 5.45. The van der Waals surface area contributed by atoms with E-state index in [0.29, 0.717) is 0 Å². The van der Waals surface area contributed by atoms with Crippen LogP contribution in [0.5, 0.6) is 0 Å². The molecule has 14 heavy (non-hydrogen) atoms. The first-order valence-corrected chi connectivity index (χ1v) is 3.55. The predicted octanol–water partition coefficient (Wildman–Crippen LogP) is -6.25. The van der Waals surface area contributed by atoms with E-state index in [2.05, 4.69) is 12.6 Å².